The van der Waals surface area contributed by atoms with E-state index in [4.69, 9.17) is 11.6 Å². The fourth-order valence-electron chi connectivity index (χ4n) is 3.62. The molecule has 1 aromatic rings. The van der Waals surface area contributed by atoms with Crippen molar-refractivity contribution in [2.24, 2.45) is 11.8 Å². The van der Waals surface area contributed by atoms with Gasteiger partial charge in [0.2, 0.25) is 15.9 Å². The summed E-state index contributed by atoms with van der Waals surface area (Å²) >= 11 is 5.71. The van der Waals surface area contributed by atoms with E-state index in [1.807, 2.05) is 4.90 Å². The van der Waals surface area contributed by atoms with Gasteiger partial charge in [0.05, 0.1) is 9.92 Å². The average molecular weight is 403 g/mol. The van der Waals surface area contributed by atoms with Crippen molar-refractivity contribution in [3.8, 4) is 0 Å². The van der Waals surface area contributed by atoms with E-state index < -0.39 is 15.8 Å². The third-order valence-electron chi connectivity index (χ3n) is 5.43. The molecule has 2 aliphatic rings. The first-order valence-electron chi connectivity index (χ1n) is 9.03. The first-order chi connectivity index (χ1) is 12.3. The summed E-state index contributed by atoms with van der Waals surface area (Å²) in [5, 5.41) is -0.213. The largest absolute Gasteiger partial charge is 0.342 e. The van der Waals surface area contributed by atoms with Crippen LogP contribution in [-0.4, -0.2) is 49.7 Å². The van der Waals surface area contributed by atoms with Gasteiger partial charge in [-0.15, -0.1) is 0 Å². The van der Waals surface area contributed by atoms with Crippen molar-refractivity contribution in [2.75, 3.05) is 26.2 Å². The monoisotopic (exact) mass is 402 g/mol. The van der Waals surface area contributed by atoms with E-state index in [9.17, 15) is 17.6 Å². The van der Waals surface area contributed by atoms with Crippen molar-refractivity contribution in [3.63, 3.8) is 0 Å². The molecule has 2 saturated heterocycles. The highest BCUT2D eigenvalue weighted by atomic mass is 35.5. The van der Waals surface area contributed by atoms with Gasteiger partial charge in [0, 0.05) is 32.1 Å². The lowest BCUT2D eigenvalue weighted by atomic mass is 9.93. The lowest BCUT2D eigenvalue weighted by Crippen LogP contribution is -2.46. The van der Waals surface area contributed by atoms with Gasteiger partial charge in [0.15, 0.2) is 0 Å². The van der Waals surface area contributed by atoms with E-state index in [0.29, 0.717) is 18.8 Å². The first kappa shape index (κ1) is 19.6. The fourth-order valence-corrected chi connectivity index (χ4v) is 5.36. The highest BCUT2D eigenvalue weighted by molar-refractivity contribution is 7.89. The molecule has 144 valence electrons. The predicted octanol–water partition coefficient (Wildman–Crippen LogP) is 3.14. The number of piperidine rings is 2. The third kappa shape index (κ3) is 4.05. The number of nitrogens with zero attached hydrogens (tertiary/aromatic N) is 2. The molecule has 2 fully saturated rings. The van der Waals surface area contributed by atoms with Crippen molar-refractivity contribution in [3.05, 3.63) is 29.0 Å². The summed E-state index contributed by atoms with van der Waals surface area (Å²) in [6.07, 6.45) is 3.09. The molecular weight excluding hydrogens is 379 g/mol. The second-order valence-electron chi connectivity index (χ2n) is 7.26. The minimum absolute atomic E-state index is 0.0151. The molecule has 1 amide bonds. The number of hydrogen-bond donors (Lipinski definition) is 0. The molecular formula is C18H24ClFN2O3S. The topological polar surface area (TPSA) is 57.7 Å². The van der Waals surface area contributed by atoms with Crippen LogP contribution in [0.3, 0.4) is 0 Å². The molecule has 0 radical (unpaired) electrons. The van der Waals surface area contributed by atoms with Gasteiger partial charge >= 0.3 is 0 Å². The average Bonchev–Trinajstić information content (AvgIpc) is 2.64. The minimum Gasteiger partial charge on any atom is -0.342 e. The molecule has 1 aromatic carbocycles. The molecule has 26 heavy (non-hydrogen) atoms. The highest BCUT2D eigenvalue weighted by Gasteiger charge is 2.34. The zero-order chi connectivity index (χ0) is 18.9. The molecule has 0 saturated carbocycles. The van der Waals surface area contributed by atoms with Crippen LogP contribution in [0.1, 0.15) is 32.6 Å². The van der Waals surface area contributed by atoms with Crippen LogP contribution in [0.4, 0.5) is 4.39 Å². The number of benzene rings is 1. The van der Waals surface area contributed by atoms with Crippen LogP contribution in [0.5, 0.6) is 0 Å². The number of carbonyl (C=O) groups excluding carboxylic acids is 1. The molecule has 0 spiro atoms. The Morgan fingerprint density at radius 3 is 2.31 bits per heavy atom. The van der Waals surface area contributed by atoms with Crippen LogP contribution in [0.2, 0.25) is 5.02 Å². The second-order valence-corrected chi connectivity index (χ2v) is 9.61. The summed E-state index contributed by atoms with van der Waals surface area (Å²) in [5.74, 6) is 0.0461. The van der Waals surface area contributed by atoms with Crippen molar-refractivity contribution in [2.45, 2.75) is 37.5 Å². The SMILES string of the molecule is CC1CCN(C(=O)C2CCN(S(=O)(=O)c3ccc(F)c(Cl)c3)CC2)CC1. The number of halogens is 2. The highest BCUT2D eigenvalue weighted by Crippen LogP contribution is 2.28. The molecule has 0 unspecified atom stereocenters. The van der Waals surface area contributed by atoms with E-state index in [-0.39, 0.29) is 34.8 Å². The molecule has 8 heteroatoms. The van der Waals surface area contributed by atoms with Crippen LogP contribution >= 0.6 is 11.6 Å². The van der Waals surface area contributed by atoms with E-state index in [1.54, 1.807) is 0 Å². The van der Waals surface area contributed by atoms with E-state index in [2.05, 4.69) is 6.92 Å². The predicted molar refractivity (Wildman–Crippen MR) is 97.9 cm³/mol. The van der Waals surface area contributed by atoms with Gasteiger partial charge in [-0.25, -0.2) is 12.8 Å². The van der Waals surface area contributed by atoms with Gasteiger partial charge in [0.1, 0.15) is 5.82 Å². The zero-order valence-corrected chi connectivity index (χ0v) is 16.4. The fraction of sp³-hybridized carbons (Fsp3) is 0.611. The maximum Gasteiger partial charge on any atom is 0.243 e. The smallest absolute Gasteiger partial charge is 0.243 e. The van der Waals surface area contributed by atoms with E-state index in [1.165, 1.54) is 10.4 Å². The summed E-state index contributed by atoms with van der Waals surface area (Å²) in [6.45, 7) is 4.38. The van der Waals surface area contributed by atoms with Gasteiger partial charge in [-0.05, 0) is 49.8 Å². The lowest BCUT2D eigenvalue weighted by molar-refractivity contribution is -0.138. The van der Waals surface area contributed by atoms with Gasteiger partial charge in [0.25, 0.3) is 0 Å². The van der Waals surface area contributed by atoms with Crippen LogP contribution in [0.15, 0.2) is 23.1 Å². The molecule has 0 aliphatic carbocycles. The number of rotatable bonds is 3. The number of amides is 1. The Morgan fingerprint density at radius 2 is 1.73 bits per heavy atom. The van der Waals surface area contributed by atoms with Crippen LogP contribution in [-0.2, 0) is 14.8 Å². The maximum atomic E-state index is 13.3. The Morgan fingerprint density at radius 1 is 1.12 bits per heavy atom. The van der Waals surface area contributed by atoms with Crippen molar-refractivity contribution in [1.82, 2.24) is 9.21 Å². The number of sulfonamides is 1. The molecule has 5 nitrogen and oxygen atoms in total. The summed E-state index contributed by atoms with van der Waals surface area (Å²) < 4.78 is 40.1. The second kappa shape index (κ2) is 7.82. The van der Waals surface area contributed by atoms with Gasteiger partial charge < -0.3 is 4.90 Å². The Balaban J connectivity index is 1.62. The summed E-state index contributed by atoms with van der Waals surface area (Å²) in [4.78, 5) is 14.6. The van der Waals surface area contributed by atoms with Crippen molar-refractivity contribution < 1.29 is 17.6 Å². The van der Waals surface area contributed by atoms with Gasteiger partial charge in [-0.1, -0.05) is 18.5 Å². The first-order valence-corrected chi connectivity index (χ1v) is 10.8. The summed E-state index contributed by atoms with van der Waals surface area (Å²) in [7, 11) is -3.73. The molecule has 0 atom stereocenters. The van der Waals surface area contributed by atoms with Crippen LogP contribution in [0, 0.1) is 17.7 Å². The third-order valence-corrected chi connectivity index (χ3v) is 7.61. The molecule has 0 aromatic heterocycles. The number of carbonyl (C=O) groups is 1. The summed E-state index contributed by atoms with van der Waals surface area (Å²) in [6, 6.07) is 3.42. The zero-order valence-electron chi connectivity index (χ0n) is 14.8. The number of hydrogen-bond acceptors (Lipinski definition) is 3. The molecule has 2 heterocycles. The van der Waals surface area contributed by atoms with Gasteiger partial charge in [-0.3, -0.25) is 4.79 Å². The molecule has 0 bridgehead atoms. The Kier molecular flexibility index (Phi) is 5.89. The quantitative estimate of drug-likeness (QED) is 0.780. The Hall–Kier alpha value is -1.18. The number of likely N-dealkylation sites (tertiary alicyclic amines) is 1. The van der Waals surface area contributed by atoms with E-state index >= 15 is 0 Å². The maximum absolute atomic E-state index is 13.3. The Labute approximate surface area is 159 Å². The van der Waals surface area contributed by atoms with Gasteiger partial charge in [-0.2, -0.15) is 4.31 Å². The molecule has 0 N–H and O–H groups in total. The van der Waals surface area contributed by atoms with E-state index in [0.717, 1.165) is 38.1 Å². The van der Waals surface area contributed by atoms with Crippen molar-refractivity contribution in [1.29, 1.82) is 0 Å². The minimum atomic E-state index is -3.73. The standard InChI is InChI=1S/C18H24ClFN2O3S/c1-13-4-8-21(9-5-13)18(23)14-6-10-22(11-7-14)26(24,25)15-2-3-17(20)16(19)12-15/h2-3,12-14H,4-11H2,1H3. The van der Waals surface area contributed by atoms with Crippen LogP contribution < -0.4 is 0 Å². The normalized spacial score (nSPS) is 21.1. The Bertz CT molecular complexity index is 771. The van der Waals surface area contributed by atoms with Crippen molar-refractivity contribution >= 4 is 27.5 Å². The summed E-state index contributed by atoms with van der Waals surface area (Å²) in [5.41, 5.74) is 0. The van der Waals surface area contributed by atoms with Crippen LogP contribution in [0.25, 0.3) is 0 Å². The lowest BCUT2D eigenvalue weighted by Gasteiger charge is -2.36. The molecule has 3 rings (SSSR count). The molecule has 2 aliphatic heterocycles.